The quantitative estimate of drug-likeness (QED) is 0.644. The second-order valence-electron chi connectivity index (χ2n) is 7.40. The molecule has 7 heteroatoms. The maximum absolute atomic E-state index is 13.3. The van der Waals surface area contributed by atoms with Crippen LogP contribution in [0.15, 0.2) is 60.8 Å². The third-order valence-electron chi connectivity index (χ3n) is 5.02. The number of nitrogens with one attached hydrogen (secondary N) is 1. The molecule has 0 aliphatic carbocycles. The molecule has 0 spiro atoms. The third kappa shape index (κ3) is 4.71. The van der Waals surface area contributed by atoms with E-state index < -0.39 is 0 Å². The molecular formula is C24H22FN3O3. The number of nitrogens with zero attached hydrogens (tertiary/aromatic N) is 2. The third-order valence-corrected chi connectivity index (χ3v) is 5.02. The summed E-state index contributed by atoms with van der Waals surface area (Å²) in [4.78, 5) is 31.3. The van der Waals surface area contributed by atoms with E-state index in [1.54, 1.807) is 35.4 Å². The number of aromatic nitrogens is 1. The van der Waals surface area contributed by atoms with Crippen molar-refractivity contribution in [1.82, 2.24) is 10.3 Å². The highest BCUT2D eigenvalue weighted by molar-refractivity contribution is 6.09. The average Bonchev–Trinajstić information content (AvgIpc) is 2.87. The van der Waals surface area contributed by atoms with Crippen LogP contribution in [0.2, 0.25) is 0 Å². The first kappa shape index (κ1) is 20.5. The molecule has 4 rings (SSSR count). The molecule has 6 nitrogen and oxygen atoms in total. The van der Waals surface area contributed by atoms with Gasteiger partial charge in [-0.15, -0.1) is 0 Å². The van der Waals surface area contributed by atoms with Crippen LogP contribution in [0.5, 0.6) is 11.6 Å². The van der Waals surface area contributed by atoms with Gasteiger partial charge in [-0.05, 0) is 60.9 Å². The largest absolute Gasteiger partial charge is 0.436 e. The van der Waals surface area contributed by atoms with Gasteiger partial charge in [0.25, 0.3) is 5.91 Å². The van der Waals surface area contributed by atoms with Gasteiger partial charge in [0.15, 0.2) is 5.75 Å². The number of benzene rings is 2. The summed E-state index contributed by atoms with van der Waals surface area (Å²) in [6, 6.07) is 15.1. The molecule has 0 bridgehead atoms. The molecule has 31 heavy (non-hydrogen) atoms. The lowest BCUT2D eigenvalue weighted by Crippen LogP contribution is -2.32. The van der Waals surface area contributed by atoms with E-state index in [1.165, 1.54) is 12.1 Å². The molecule has 0 atom stereocenters. The number of carbonyl (C=O) groups is 2. The van der Waals surface area contributed by atoms with Gasteiger partial charge < -0.3 is 15.0 Å². The normalized spacial score (nSPS) is 12.5. The van der Waals surface area contributed by atoms with Gasteiger partial charge in [0.1, 0.15) is 11.4 Å². The number of hydrogen-bond acceptors (Lipinski definition) is 4. The van der Waals surface area contributed by atoms with Crippen molar-refractivity contribution >= 4 is 17.5 Å². The minimum absolute atomic E-state index is 0.158. The Labute approximate surface area is 179 Å². The lowest BCUT2D eigenvalue weighted by molar-refractivity contribution is -0.121. The smallest absolute Gasteiger partial charge is 0.263 e. The summed E-state index contributed by atoms with van der Waals surface area (Å²) in [5, 5.41) is 2.79. The summed E-state index contributed by atoms with van der Waals surface area (Å²) in [7, 11) is 0. The number of pyridine rings is 1. The molecule has 3 aromatic rings. The van der Waals surface area contributed by atoms with Gasteiger partial charge in [0.2, 0.25) is 11.8 Å². The molecule has 2 aromatic carbocycles. The summed E-state index contributed by atoms with van der Waals surface area (Å²) in [6.07, 6.45) is 2.28. The van der Waals surface area contributed by atoms with Gasteiger partial charge in [-0.3, -0.25) is 9.59 Å². The maximum atomic E-state index is 13.3. The summed E-state index contributed by atoms with van der Waals surface area (Å²) in [5.74, 6) is 0.110. The molecular weight excluding hydrogens is 397 g/mol. The van der Waals surface area contributed by atoms with Crippen LogP contribution in [0.4, 0.5) is 10.1 Å². The first-order chi connectivity index (χ1) is 15.0. The zero-order valence-corrected chi connectivity index (χ0v) is 17.1. The number of amides is 2. The predicted molar refractivity (Wildman–Crippen MR) is 115 cm³/mol. The Morgan fingerprint density at radius 1 is 1.16 bits per heavy atom. The highest BCUT2D eigenvalue weighted by atomic mass is 19.1. The molecule has 2 heterocycles. The second-order valence-corrected chi connectivity index (χ2v) is 7.40. The minimum Gasteiger partial charge on any atom is -0.436 e. The second kappa shape index (κ2) is 8.95. The van der Waals surface area contributed by atoms with Crippen LogP contribution >= 0.6 is 0 Å². The number of hydrogen-bond donors (Lipinski definition) is 1. The monoisotopic (exact) mass is 419 g/mol. The lowest BCUT2D eigenvalue weighted by Gasteiger charge is -2.22. The molecule has 0 fully saturated rings. The van der Waals surface area contributed by atoms with Crippen LogP contribution in [0, 0.1) is 12.7 Å². The van der Waals surface area contributed by atoms with Crippen LogP contribution < -0.4 is 15.0 Å². The zero-order valence-electron chi connectivity index (χ0n) is 17.1. The fourth-order valence-electron chi connectivity index (χ4n) is 3.47. The molecule has 0 radical (unpaired) electrons. The van der Waals surface area contributed by atoms with Gasteiger partial charge in [-0.1, -0.05) is 18.2 Å². The van der Waals surface area contributed by atoms with Crippen LogP contribution in [-0.4, -0.2) is 23.3 Å². The van der Waals surface area contributed by atoms with Crippen LogP contribution in [0.1, 0.15) is 34.3 Å². The van der Waals surface area contributed by atoms with E-state index >= 15 is 0 Å². The van der Waals surface area contributed by atoms with E-state index in [0.29, 0.717) is 35.5 Å². The highest BCUT2D eigenvalue weighted by Crippen LogP contribution is 2.38. The van der Waals surface area contributed by atoms with Crippen LogP contribution in [0.3, 0.4) is 0 Å². The number of halogens is 1. The number of anilines is 1. The van der Waals surface area contributed by atoms with E-state index in [-0.39, 0.29) is 36.5 Å². The lowest BCUT2D eigenvalue weighted by atomic mass is 10.1. The Morgan fingerprint density at radius 2 is 2.03 bits per heavy atom. The maximum Gasteiger partial charge on any atom is 0.263 e. The summed E-state index contributed by atoms with van der Waals surface area (Å²) in [6.45, 7) is 2.55. The van der Waals surface area contributed by atoms with Crippen molar-refractivity contribution in [3.05, 3.63) is 83.3 Å². The average molecular weight is 419 g/mol. The molecule has 1 N–H and O–H groups in total. The Balaban J connectivity index is 1.44. The van der Waals surface area contributed by atoms with E-state index in [0.717, 1.165) is 5.56 Å². The van der Waals surface area contributed by atoms with Gasteiger partial charge in [0.05, 0.1) is 5.69 Å². The zero-order chi connectivity index (χ0) is 21.8. The van der Waals surface area contributed by atoms with Gasteiger partial charge in [0, 0.05) is 25.7 Å². The SMILES string of the molecule is Cc1ccc2c(c1)N(CCCC(=O)NCc1cccc(F)c1)C(=O)c1cccnc1O2. The molecule has 1 aliphatic heterocycles. The van der Waals surface area contributed by atoms with Crippen molar-refractivity contribution in [3.8, 4) is 11.6 Å². The molecule has 1 aliphatic rings. The van der Waals surface area contributed by atoms with Gasteiger partial charge in [-0.2, -0.15) is 0 Å². The minimum atomic E-state index is -0.336. The molecule has 0 unspecified atom stereocenters. The Morgan fingerprint density at radius 3 is 2.87 bits per heavy atom. The fraction of sp³-hybridized carbons (Fsp3) is 0.208. The first-order valence-electron chi connectivity index (χ1n) is 10.1. The Kier molecular flexibility index (Phi) is 5.93. The molecule has 0 saturated carbocycles. The van der Waals surface area contributed by atoms with Gasteiger partial charge >= 0.3 is 0 Å². The predicted octanol–water partition coefficient (Wildman–Crippen LogP) is 4.38. The van der Waals surface area contributed by atoms with E-state index in [2.05, 4.69) is 10.3 Å². The first-order valence-corrected chi connectivity index (χ1v) is 10.1. The fourth-order valence-corrected chi connectivity index (χ4v) is 3.47. The summed E-state index contributed by atoms with van der Waals surface area (Å²) in [5.41, 5.74) is 2.73. The Hall–Kier alpha value is -3.74. The number of fused-ring (bicyclic) bond motifs is 2. The van der Waals surface area contributed by atoms with Crippen molar-refractivity contribution in [2.24, 2.45) is 0 Å². The van der Waals surface area contributed by atoms with Gasteiger partial charge in [-0.25, -0.2) is 9.37 Å². The van der Waals surface area contributed by atoms with Crippen LogP contribution in [-0.2, 0) is 11.3 Å². The van der Waals surface area contributed by atoms with Crippen molar-refractivity contribution in [3.63, 3.8) is 0 Å². The topological polar surface area (TPSA) is 71.5 Å². The van der Waals surface area contributed by atoms with E-state index in [9.17, 15) is 14.0 Å². The Bertz CT molecular complexity index is 1130. The molecule has 2 amide bonds. The highest BCUT2D eigenvalue weighted by Gasteiger charge is 2.28. The molecule has 158 valence electrons. The molecule has 0 saturated heterocycles. The number of aryl methyl sites for hydroxylation is 1. The summed E-state index contributed by atoms with van der Waals surface area (Å²) < 4.78 is 19.2. The van der Waals surface area contributed by atoms with E-state index in [4.69, 9.17) is 4.74 Å². The van der Waals surface area contributed by atoms with E-state index in [1.807, 2.05) is 25.1 Å². The summed E-state index contributed by atoms with van der Waals surface area (Å²) >= 11 is 0. The van der Waals surface area contributed by atoms with Crippen molar-refractivity contribution in [2.45, 2.75) is 26.3 Å². The number of rotatable bonds is 6. The standard InChI is InChI=1S/C24H22FN3O3/c1-16-9-10-21-20(13-16)28(24(30)19-7-3-11-26-23(19)31-21)12-4-8-22(29)27-15-17-5-2-6-18(25)14-17/h2-3,5-7,9-11,13-14H,4,8,12,15H2,1H3,(H,27,29). The van der Waals surface area contributed by atoms with Crippen molar-refractivity contribution in [2.75, 3.05) is 11.4 Å². The van der Waals surface area contributed by atoms with Crippen molar-refractivity contribution < 1.29 is 18.7 Å². The molecule has 1 aromatic heterocycles. The van der Waals surface area contributed by atoms with Crippen molar-refractivity contribution in [1.29, 1.82) is 0 Å². The van der Waals surface area contributed by atoms with Crippen LogP contribution in [0.25, 0.3) is 0 Å². The number of carbonyl (C=O) groups excluding carboxylic acids is 2. The number of ether oxygens (including phenoxy) is 1.